The molecule has 5 nitrogen and oxygen atoms in total. The van der Waals surface area contributed by atoms with Crippen molar-refractivity contribution in [2.24, 2.45) is 0 Å². The molecule has 2 aromatic carbocycles. The average molecular weight is 476 g/mol. The summed E-state index contributed by atoms with van der Waals surface area (Å²) >= 11 is 12.0. The van der Waals surface area contributed by atoms with E-state index in [1.54, 1.807) is 6.07 Å². The maximum absolute atomic E-state index is 12.9. The fourth-order valence-corrected chi connectivity index (χ4v) is 4.00. The van der Waals surface area contributed by atoms with E-state index in [-0.39, 0.29) is 21.7 Å². The molecule has 170 valence electrons. The maximum Gasteiger partial charge on any atom is 0.338 e. The van der Waals surface area contributed by atoms with Gasteiger partial charge in [-0.3, -0.25) is 9.59 Å². The third kappa shape index (κ3) is 5.70. The van der Waals surface area contributed by atoms with Crippen LogP contribution in [0, 0.1) is 0 Å². The highest BCUT2D eigenvalue weighted by atomic mass is 35.5. The molecule has 0 spiro atoms. The maximum atomic E-state index is 12.9. The number of fused-ring (bicyclic) bond motifs is 1. The van der Waals surface area contributed by atoms with Crippen LogP contribution in [0.4, 0.5) is 5.69 Å². The van der Waals surface area contributed by atoms with Gasteiger partial charge in [-0.2, -0.15) is 0 Å². The Balaban J connectivity index is 1.56. The monoisotopic (exact) mass is 475 g/mol. The number of carbonyl (C=O) groups is 3. The number of hydrogen-bond donors (Lipinski definition) is 0. The second-order valence-electron chi connectivity index (χ2n) is 7.92. The summed E-state index contributed by atoms with van der Waals surface area (Å²) in [5.41, 5.74) is 0.980. The summed E-state index contributed by atoms with van der Waals surface area (Å²) in [6, 6.07) is 8.96. The summed E-state index contributed by atoms with van der Waals surface area (Å²) in [7, 11) is 0. The Morgan fingerprint density at radius 1 is 0.812 bits per heavy atom. The second-order valence-corrected chi connectivity index (χ2v) is 8.73. The molecule has 0 aromatic heterocycles. The van der Waals surface area contributed by atoms with Gasteiger partial charge in [0.1, 0.15) is 0 Å². The summed E-state index contributed by atoms with van der Waals surface area (Å²) in [6.07, 6.45) is 9.26. The summed E-state index contributed by atoms with van der Waals surface area (Å²) in [5.74, 6) is -1.48. The third-order valence-corrected chi connectivity index (χ3v) is 6.25. The van der Waals surface area contributed by atoms with Crippen molar-refractivity contribution in [3.63, 3.8) is 0 Å². The molecule has 32 heavy (non-hydrogen) atoms. The van der Waals surface area contributed by atoms with E-state index in [0.29, 0.717) is 17.3 Å². The van der Waals surface area contributed by atoms with Crippen molar-refractivity contribution in [2.75, 3.05) is 11.5 Å². The number of amides is 2. The topological polar surface area (TPSA) is 63.7 Å². The van der Waals surface area contributed by atoms with Crippen molar-refractivity contribution in [2.45, 2.75) is 58.3 Å². The molecule has 0 aliphatic carbocycles. The van der Waals surface area contributed by atoms with Gasteiger partial charge in [0.25, 0.3) is 11.8 Å². The Hall–Kier alpha value is -2.37. The van der Waals surface area contributed by atoms with Crippen molar-refractivity contribution in [3.05, 3.63) is 63.1 Å². The van der Waals surface area contributed by atoms with Gasteiger partial charge in [-0.05, 0) is 42.8 Å². The SMILES string of the molecule is CCCCCCCCCCOC(=O)c1ccc2c(c1)C(=O)N(c1ccc(Cl)c(Cl)c1)C2=O. The number of ether oxygens (including phenoxy) is 1. The van der Waals surface area contributed by atoms with Crippen molar-refractivity contribution in [1.29, 1.82) is 0 Å². The first-order valence-corrected chi connectivity index (χ1v) is 11.8. The van der Waals surface area contributed by atoms with Crippen LogP contribution >= 0.6 is 23.2 Å². The van der Waals surface area contributed by atoms with Crippen molar-refractivity contribution in [1.82, 2.24) is 0 Å². The van der Waals surface area contributed by atoms with E-state index in [1.807, 2.05) is 0 Å². The van der Waals surface area contributed by atoms with Crippen LogP contribution in [0.25, 0.3) is 0 Å². The first-order valence-electron chi connectivity index (χ1n) is 11.1. The minimum Gasteiger partial charge on any atom is -0.462 e. The molecule has 0 bridgehead atoms. The molecule has 0 fully saturated rings. The van der Waals surface area contributed by atoms with Crippen LogP contribution in [-0.4, -0.2) is 24.4 Å². The number of esters is 1. The van der Waals surface area contributed by atoms with Crippen molar-refractivity contribution >= 4 is 46.7 Å². The molecule has 0 N–H and O–H groups in total. The van der Waals surface area contributed by atoms with E-state index in [2.05, 4.69) is 6.92 Å². The van der Waals surface area contributed by atoms with Gasteiger partial charge in [-0.15, -0.1) is 0 Å². The molecular formula is C25H27Cl2NO4. The Morgan fingerprint density at radius 3 is 2.16 bits per heavy atom. The Kier molecular flexibility index (Phi) is 8.71. The van der Waals surface area contributed by atoms with E-state index in [0.717, 1.165) is 24.2 Å². The van der Waals surface area contributed by atoms with Crippen LogP contribution < -0.4 is 4.90 Å². The fraction of sp³-hybridized carbons (Fsp3) is 0.400. The molecule has 1 heterocycles. The fourth-order valence-electron chi connectivity index (χ4n) is 3.71. The first-order chi connectivity index (χ1) is 15.4. The molecule has 1 aliphatic rings. The number of hydrogen-bond acceptors (Lipinski definition) is 4. The molecule has 2 amide bonds. The molecule has 1 aliphatic heterocycles. The molecule has 0 radical (unpaired) electrons. The van der Waals surface area contributed by atoms with E-state index < -0.39 is 17.8 Å². The van der Waals surface area contributed by atoms with E-state index >= 15 is 0 Å². The molecule has 0 saturated heterocycles. The van der Waals surface area contributed by atoms with E-state index in [4.69, 9.17) is 27.9 Å². The lowest BCUT2D eigenvalue weighted by Crippen LogP contribution is -2.29. The zero-order chi connectivity index (χ0) is 23.1. The Morgan fingerprint density at radius 2 is 1.47 bits per heavy atom. The van der Waals surface area contributed by atoms with Crippen LogP contribution in [0.2, 0.25) is 10.0 Å². The summed E-state index contributed by atoms with van der Waals surface area (Å²) in [4.78, 5) is 39.1. The number of anilines is 1. The molecule has 7 heteroatoms. The van der Waals surface area contributed by atoms with E-state index in [9.17, 15) is 14.4 Å². The number of halogens is 2. The minimum absolute atomic E-state index is 0.169. The third-order valence-electron chi connectivity index (χ3n) is 5.51. The lowest BCUT2D eigenvalue weighted by Gasteiger charge is -2.14. The van der Waals surface area contributed by atoms with Gasteiger partial charge < -0.3 is 4.74 Å². The highest BCUT2D eigenvalue weighted by Gasteiger charge is 2.37. The summed E-state index contributed by atoms with van der Waals surface area (Å²) < 4.78 is 5.35. The zero-order valence-corrected chi connectivity index (χ0v) is 19.7. The Labute approximate surface area is 198 Å². The van der Waals surface area contributed by atoms with Gasteiger partial charge in [0.05, 0.1) is 39.0 Å². The van der Waals surface area contributed by atoms with Crippen molar-refractivity contribution < 1.29 is 19.1 Å². The zero-order valence-electron chi connectivity index (χ0n) is 18.2. The summed E-state index contributed by atoms with van der Waals surface area (Å²) in [5, 5.41) is 0.569. The van der Waals surface area contributed by atoms with Gasteiger partial charge >= 0.3 is 5.97 Å². The van der Waals surface area contributed by atoms with Gasteiger partial charge in [0, 0.05) is 0 Å². The van der Waals surface area contributed by atoms with Gasteiger partial charge in [0.15, 0.2) is 0 Å². The molecule has 0 saturated carbocycles. The first kappa shape index (κ1) is 24.3. The number of nitrogens with zero attached hydrogens (tertiary/aromatic N) is 1. The molecular weight excluding hydrogens is 449 g/mol. The standard InChI is InChI=1S/C25H27Cl2NO4/c1-2-3-4-5-6-7-8-9-14-32-25(31)17-10-12-19-20(15-17)24(30)28(23(19)29)18-11-13-21(26)22(27)16-18/h10-13,15-16H,2-9,14H2,1H3. The normalized spacial score (nSPS) is 12.9. The lowest BCUT2D eigenvalue weighted by molar-refractivity contribution is 0.0497. The van der Waals surface area contributed by atoms with Crippen LogP contribution in [0.3, 0.4) is 0 Å². The van der Waals surface area contributed by atoms with Crippen LogP contribution in [0.5, 0.6) is 0 Å². The van der Waals surface area contributed by atoms with Gasteiger partial charge in [-0.1, -0.05) is 75.1 Å². The number of carbonyl (C=O) groups excluding carboxylic acids is 3. The number of imide groups is 1. The molecule has 2 aromatic rings. The molecule has 0 atom stereocenters. The van der Waals surface area contributed by atoms with Crippen molar-refractivity contribution in [3.8, 4) is 0 Å². The van der Waals surface area contributed by atoms with Crippen LogP contribution in [0.1, 0.15) is 89.4 Å². The number of benzene rings is 2. The van der Waals surface area contributed by atoms with E-state index in [1.165, 1.54) is 62.4 Å². The Bertz CT molecular complexity index is 1010. The minimum atomic E-state index is -0.513. The average Bonchev–Trinajstić information content (AvgIpc) is 3.04. The lowest BCUT2D eigenvalue weighted by atomic mass is 10.1. The predicted octanol–water partition coefficient (Wildman–Crippen LogP) is 7.09. The number of rotatable bonds is 11. The van der Waals surface area contributed by atoms with Gasteiger partial charge in [-0.25, -0.2) is 9.69 Å². The second kappa shape index (κ2) is 11.5. The van der Waals surface area contributed by atoms with Crippen LogP contribution in [0.15, 0.2) is 36.4 Å². The summed E-state index contributed by atoms with van der Waals surface area (Å²) in [6.45, 7) is 2.54. The molecule has 3 rings (SSSR count). The quantitative estimate of drug-likeness (QED) is 0.197. The number of unbranched alkanes of at least 4 members (excludes halogenated alkanes) is 7. The smallest absolute Gasteiger partial charge is 0.338 e. The molecule has 0 unspecified atom stereocenters. The predicted molar refractivity (Wildman–Crippen MR) is 127 cm³/mol. The van der Waals surface area contributed by atoms with Gasteiger partial charge in [0.2, 0.25) is 0 Å². The highest BCUT2D eigenvalue weighted by Crippen LogP contribution is 2.33. The highest BCUT2D eigenvalue weighted by molar-refractivity contribution is 6.42. The largest absolute Gasteiger partial charge is 0.462 e. The van der Waals surface area contributed by atoms with Crippen LogP contribution in [-0.2, 0) is 4.74 Å².